The van der Waals surface area contributed by atoms with Crippen LogP contribution in [-0.2, 0) is 24.6 Å². The molecule has 6 unspecified atom stereocenters. The number of Topliss-reactive ketones (excluding diaryl/α,β-unsaturated/α-hetero) is 1. The topological polar surface area (TPSA) is 101 Å². The Morgan fingerprint density at radius 3 is 2.22 bits per heavy atom. The number of rotatable bonds is 5. The van der Waals surface area contributed by atoms with Crippen molar-refractivity contribution in [3.05, 3.63) is 110 Å². The second-order valence-corrected chi connectivity index (χ2v) is 15.9. The van der Waals surface area contributed by atoms with E-state index in [1.807, 2.05) is 60.7 Å². The fourth-order valence-corrected chi connectivity index (χ4v) is 10.9. The third-order valence-corrected chi connectivity index (χ3v) is 14.2. The van der Waals surface area contributed by atoms with Crippen LogP contribution < -0.4 is 4.74 Å². The average molecular weight is 800 g/mol. The standard InChI is InChI=1S/C41H37Br2NO6/c1-50-31-20-29(35(42)36(43)38(31)47)34-25-17-18-26-33(40(49)44(39(26)48)24-15-9-4-10-16-24)28(25)19-30-37(46)27(22-11-5-2-6-12-22)21-32(45)41(30,34)23-13-7-3-8-14-23/h2-3,5-8,11-14,17,20-21,24,26,28,30,33-34,47H,4,9-10,15-16,18-19H2,1H3. The maximum absolute atomic E-state index is 15.3. The number of benzene rings is 3. The number of amides is 2. The molecule has 0 spiro atoms. The van der Waals surface area contributed by atoms with Gasteiger partial charge in [0, 0.05) is 27.9 Å². The minimum absolute atomic E-state index is 0.0995. The SMILES string of the molecule is COc1cc(C2C3=CCC4C(=O)N(C5CCCCC5)C(=O)C4C3CC3C(=O)C(c4ccccc4)=CC(=O)C32c2ccccc2)c(Br)c(Br)c1O. The first-order valence-electron chi connectivity index (χ1n) is 17.4. The molecular weight excluding hydrogens is 762 g/mol. The van der Waals surface area contributed by atoms with Crippen molar-refractivity contribution in [3.63, 3.8) is 0 Å². The maximum Gasteiger partial charge on any atom is 0.233 e. The van der Waals surface area contributed by atoms with Gasteiger partial charge in [0.15, 0.2) is 23.1 Å². The van der Waals surface area contributed by atoms with Crippen LogP contribution in [0.5, 0.6) is 11.5 Å². The average Bonchev–Trinajstić information content (AvgIpc) is 3.41. The Morgan fingerprint density at radius 1 is 0.860 bits per heavy atom. The number of nitrogens with zero attached hydrogens (tertiary/aromatic N) is 1. The Balaban J connectivity index is 1.39. The van der Waals surface area contributed by atoms with E-state index in [4.69, 9.17) is 4.74 Å². The normalized spacial score (nSPS) is 29.6. The van der Waals surface area contributed by atoms with E-state index in [0.717, 1.165) is 37.7 Å². The lowest BCUT2D eigenvalue weighted by atomic mass is 9.44. The molecule has 1 heterocycles. The van der Waals surface area contributed by atoms with Gasteiger partial charge in [0.25, 0.3) is 0 Å². The molecule has 256 valence electrons. The zero-order valence-electron chi connectivity index (χ0n) is 27.6. The van der Waals surface area contributed by atoms with Gasteiger partial charge in [-0.25, -0.2) is 0 Å². The summed E-state index contributed by atoms with van der Waals surface area (Å²) in [4.78, 5) is 60.7. The fraction of sp³-hybridized carbons (Fsp3) is 0.366. The van der Waals surface area contributed by atoms with Gasteiger partial charge in [-0.1, -0.05) is 91.6 Å². The number of carbonyl (C=O) groups excluding carboxylic acids is 4. The second-order valence-electron chi connectivity index (χ2n) is 14.3. The molecular formula is C41H37Br2NO6. The number of halogens is 2. The van der Waals surface area contributed by atoms with Crippen molar-refractivity contribution in [2.24, 2.45) is 23.7 Å². The van der Waals surface area contributed by atoms with E-state index in [0.29, 0.717) is 37.6 Å². The lowest BCUT2D eigenvalue weighted by Gasteiger charge is -2.55. The molecule has 50 heavy (non-hydrogen) atoms. The monoisotopic (exact) mass is 797 g/mol. The largest absolute Gasteiger partial charge is 0.503 e. The first-order chi connectivity index (χ1) is 24.2. The predicted molar refractivity (Wildman–Crippen MR) is 195 cm³/mol. The van der Waals surface area contributed by atoms with Crippen LogP contribution in [0.25, 0.3) is 5.57 Å². The summed E-state index contributed by atoms with van der Waals surface area (Å²) in [6, 6.07) is 20.4. The summed E-state index contributed by atoms with van der Waals surface area (Å²) < 4.78 is 6.52. The number of methoxy groups -OCH3 is 1. The highest BCUT2D eigenvalue weighted by Crippen LogP contribution is 2.65. The minimum atomic E-state index is -1.38. The number of likely N-dealkylation sites (tertiary alicyclic amines) is 1. The third kappa shape index (κ3) is 4.79. The van der Waals surface area contributed by atoms with Gasteiger partial charge in [0.1, 0.15) is 0 Å². The molecule has 8 rings (SSSR count). The summed E-state index contributed by atoms with van der Waals surface area (Å²) in [5.41, 5.74) is 1.85. The molecule has 1 N–H and O–H groups in total. The number of ether oxygens (including phenoxy) is 1. The molecule has 0 aromatic heterocycles. The first kappa shape index (κ1) is 33.3. The molecule has 3 fully saturated rings. The van der Waals surface area contributed by atoms with E-state index in [1.165, 1.54) is 13.2 Å². The number of fused-ring (bicyclic) bond motifs is 4. The Morgan fingerprint density at radius 2 is 1.54 bits per heavy atom. The van der Waals surface area contributed by atoms with E-state index < -0.39 is 35.0 Å². The molecule has 2 saturated carbocycles. The van der Waals surface area contributed by atoms with Gasteiger partial charge < -0.3 is 9.84 Å². The van der Waals surface area contributed by atoms with Crippen LogP contribution in [0.1, 0.15) is 67.6 Å². The van der Waals surface area contributed by atoms with E-state index in [-0.39, 0.29) is 47.3 Å². The molecule has 4 aliphatic carbocycles. The van der Waals surface area contributed by atoms with Crippen LogP contribution in [0.3, 0.4) is 0 Å². The number of allylic oxidation sites excluding steroid dienone is 4. The summed E-state index contributed by atoms with van der Waals surface area (Å²) in [5, 5.41) is 11.0. The minimum Gasteiger partial charge on any atom is -0.503 e. The van der Waals surface area contributed by atoms with Gasteiger partial charge in [-0.3, -0.25) is 24.1 Å². The van der Waals surface area contributed by atoms with Crippen molar-refractivity contribution in [1.29, 1.82) is 0 Å². The van der Waals surface area contributed by atoms with Gasteiger partial charge in [-0.2, -0.15) is 0 Å². The summed E-state index contributed by atoms with van der Waals surface area (Å²) >= 11 is 7.31. The maximum atomic E-state index is 15.3. The molecule has 0 radical (unpaired) electrons. The molecule has 7 nitrogen and oxygen atoms in total. The number of hydrogen-bond acceptors (Lipinski definition) is 6. The van der Waals surface area contributed by atoms with Gasteiger partial charge >= 0.3 is 0 Å². The van der Waals surface area contributed by atoms with Crippen molar-refractivity contribution in [2.45, 2.75) is 62.3 Å². The quantitative estimate of drug-likeness (QED) is 0.207. The highest BCUT2D eigenvalue weighted by Gasteiger charge is 2.66. The first-order valence-corrected chi connectivity index (χ1v) is 19.0. The van der Waals surface area contributed by atoms with Crippen molar-refractivity contribution in [1.82, 2.24) is 4.90 Å². The van der Waals surface area contributed by atoms with Gasteiger partial charge in [-0.15, -0.1) is 0 Å². The van der Waals surface area contributed by atoms with Crippen molar-refractivity contribution in [2.75, 3.05) is 7.11 Å². The molecule has 3 aromatic carbocycles. The van der Waals surface area contributed by atoms with Crippen LogP contribution in [0, 0.1) is 23.7 Å². The van der Waals surface area contributed by atoms with Crippen molar-refractivity contribution in [3.8, 4) is 11.5 Å². The fourth-order valence-electron chi connectivity index (χ4n) is 9.92. The number of aromatic hydroxyl groups is 1. The summed E-state index contributed by atoms with van der Waals surface area (Å²) in [6.45, 7) is 0. The molecule has 1 aliphatic heterocycles. The summed E-state index contributed by atoms with van der Waals surface area (Å²) in [6.07, 6.45) is 8.92. The van der Waals surface area contributed by atoms with Crippen LogP contribution in [0.2, 0.25) is 0 Å². The Bertz CT molecular complexity index is 1980. The smallest absolute Gasteiger partial charge is 0.233 e. The van der Waals surface area contributed by atoms with E-state index in [9.17, 15) is 14.7 Å². The van der Waals surface area contributed by atoms with Gasteiger partial charge in [0.05, 0.1) is 28.8 Å². The number of phenols is 1. The van der Waals surface area contributed by atoms with E-state index in [2.05, 4.69) is 37.9 Å². The Hall–Kier alpha value is -3.82. The van der Waals surface area contributed by atoms with Crippen molar-refractivity contribution >= 4 is 60.8 Å². The summed E-state index contributed by atoms with van der Waals surface area (Å²) in [7, 11) is 1.47. The number of ketones is 2. The number of carbonyl (C=O) groups is 4. The molecule has 1 saturated heterocycles. The lowest BCUT2D eigenvalue weighted by molar-refractivity contribution is -0.144. The van der Waals surface area contributed by atoms with E-state index >= 15 is 9.59 Å². The molecule has 9 heteroatoms. The molecule has 6 atom stereocenters. The van der Waals surface area contributed by atoms with Crippen LogP contribution in [0.15, 0.2) is 93.4 Å². The molecule has 5 aliphatic rings. The van der Waals surface area contributed by atoms with Crippen molar-refractivity contribution < 1.29 is 29.0 Å². The zero-order chi connectivity index (χ0) is 34.9. The molecule has 2 amide bonds. The highest BCUT2D eigenvalue weighted by atomic mass is 79.9. The third-order valence-electron chi connectivity index (χ3n) is 12.1. The predicted octanol–water partition coefficient (Wildman–Crippen LogP) is 8.08. The number of hydrogen-bond donors (Lipinski definition) is 1. The Kier molecular flexibility index (Phi) is 8.50. The lowest BCUT2D eigenvalue weighted by Crippen LogP contribution is -2.59. The Labute approximate surface area is 308 Å². The number of imide groups is 1. The highest BCUT2D eigenvalue weighted by molar-refractivity contribution is 9.13. The second kappa shape index (κ2) is 12.7. The van der Waals surface area contributed by atoms with Crippen LogP contribution >= 0.6 is 31.9 Å². The van der Waals surface area contributed by atoms with Gasteiger partial charge in [-0.05, 0) is 92.3 Å². The van der Waals surface area contributed by atoms with Crippen LogP contribution in [-0.4, -0.2) is 46.5 Å². The zero-order valence-corrected chi connectivity index (χ0v) is 30.8. The van der Waals surface area contributed by atoms with E-state index in [1.54, 1.807) is 11.0 Å². The van der Waals surface area contributed by atoms with Crippen LogP contribution in [0.4, 0.5) is 0 Å². The summed E-state index contributed by atoms with van der Waals surface area (Å²) in [5.74, 6) is -3.68. The number of phenolic OH excluding ortho intramolecular Hbond substituents is 1. The molecule has 3 aromatic rings. The van der Waals surface area contributed by atoms with Gasteiger partial charge in [0.2, 0.25) is 11.8 Å². The molecule has 0 bridgehead atoms.